The second kappa shape index (κ2) is 10.8. The van der Waals surface area contributed by atoms with Crippen LogP contribution in [0.4, 0.5) is 0 Å². The summed E-state index contributed by atoms with van der Waals surface area (Å²) >= 11 is 8.17. The van der Waals surface area contributed by atoms with Gasteiger partial charge in [-0.1, -0.05) is 6.07 Å². The Morgan fingerprint density at radius 2 is 1.79 bits per heavy atom. The molecule has 156 valence electrons. The van der Waals surface area contributed by atoms with Gasteiger partial charge in [0.15, 0.2) is 0 Å². The first-order valence-corrected chi connectivity index (χ1v) is 11.3. The third-order valence-electron chi connectivity index (χ3n) is 4.29. The molecule has 0 aromatic heterocycles. The standard InChI is InChI=1S/C17H16BrI2NO2.C2H2O4/c1-23-17-12(19)6-9(7-13(17)20)8-14-10-2-3-15(22)16(18)11(10)4-5-21-14;3-1(4)2(5)6/h2-3,6-7,14,21-22H,4-5,8H2,1H3;(H,3,4)(H,5,6). The molecule has 0 radical (unpaired) electrons. The Morgan fingerprint density at radius 1 is 1.21 bits per heavy atom. The van der Waals surface area contributed by atoms with E-state index in [2.05, 4.69) is 78.6 Å². The number of methoxy groups -OCH3 is 1. The Labute approximate surface area is 203 Å². The largest absolute Gasteiger partial charge is 0.507 e. The number of carboxylic acids is 2. The second-order valence-electron chi connectivity index (χ2n) is 6.13. The molecule has 1 aliphatic rings. The summed E-state index contributed by atoms with van der Waals surface area (Å²) in [4.78, 5) is 18.2. The minimum absolute atomic E-state index is 0.260. The zero-order valence-electron chi connectivity index (χ0n) is 15.2. The van der Waals surface area contributed by atoms with Gasteiger partial charge < -0.3 is 25.4 Å². The Bertz CT molecular complexity index is 902. The minimum atomic E-state index is -1.82. The zero-order valence-corrected chi connectivity index (χ0v) is 21.1. The number of benzene rings is 2. The molecule has 0 bridgehead atoms. The first-order chi connectivity index (χ1) is 13.6. The predicted molar refractivity (Wildman–Crippen MR) is 128 cm³/mol. The van der Waals surface area contributed by atoms with Gasteiger partial charge in [0.05, 0.1) is 18.7 Å². The fraction of sp³-hybridized carbons (Fsp3) is 0.263. The van der Waals surface area contributed by atoms with Gasteiger partial charge in [0.25, 0.3) is 0 Å². The SMILES string of the molecule is COc1c(I)cc(CC2NCCc3c2ccc(O)c3Br)cc1I.O=C(O)C(=O)O. The highest BCUT2D eigenvalue weighted by molar-refractivity contribution is 14.1. The van der Waals surface area contributed by atoms with Gasteiger partial charge in [-0.25, -0.2) is 9.59 Å². The lowest BCUT2D eigenvalue weighted by Crippen LogP contribution is -2.31. The molecule has 2 aromatic carbocycles. The fourth-order valence-electron chi connectivity index (χ4n) is 3.03. The van der Waals surface area contributed by atoms with Gasteiger partial charge in [-0.05, 0) is 115 Å². The molecule has 1 atom stereocenters. The van der Waals surface area contributed by atoms with Gasteiger partial charge in [0.1, 0.15) is 11.5 Å². The highest BCUT2D eigenvalue weighted by atomic mass is 127. The van der Waals surface area contributed by atoms with E-state index in [1.165, 1.54) is 16.7 Å². The number of hydrogen-bond acceptors (Lipinski definition) is 5. The summed E-state index contributed by atoms with van der Waals surface area (Å²) in [6.45, 7) is 0.921. The van der Waals surface area contributed by atoms with Crippen molar-refractivity contribution in [3.63, 3.8) is 0 Å². The van der Waals surface area contributed by atoms with E-state index in [4.69, 9.17) is 24.5 Å². The van der Waals surface area contributed by atoms with Crippen molar-refractivity contribution in [2.24, 2.45) is 0 Å². The Morgan fingerprint density at radius 3 is 2.31 bits per heavy atom. The average molecular weight is 690 g/mol. The number of rotatable bonds is 3. The molecule has 0 aliphatic carbocycles. The lowest BCUT2D eigenvalue weighted by Gasteiger charge is -2.28. The van der Waals surface area contributed by atoms with Crippen molar-refractivity contribution in [2.45, 2.75) is 18.9 Å². The van der Waals surface area contributed by atoms with Crippen LogP contribution in [0.3, 0.4) is 0 Å². The second-order valence-corrected chi connectivity index (χ2v) is 9.25. The summed E-state index contributed by atoms with van der Waals surface area (Å²) in [5, 5.41) is 28.3. The maximum Gasteiger partial charge on any atom is 0.414 e. The monoisotopic (exact) mass is 689 g/mol. The van der Waals surface area contributed by atoms with Gasteiger partial charge in [-0.3, -0.25) is 0 Å². The normalized spacial score (nSPS) is 15.0. The Kier molecular flexibility index (Phi) is 8.97. The van der Waals surface area contributed by atoms with Crippen LogP contribution in [0, 0.1) is 7.14 Å². The number of aromatic hydroxyl groups is 1. The predicted octanol–water partition coefficient (Wildman–Crippen LogP) is 3.96. The van der Waals surface area contributed by atoms with E-state index >= 15 is 0 Å². The number of hydrogen-bond donors (Lipinski definition) is 4. The number of phenols is 1. The zero-order chi connectivity index (χ0) is 21.7. The molecule has 1 aliphatic heterocycles. The number of fused-ring (bicyclic) bond motifs is 1. The number of aliphatic carboxylic acids is 2. The van der Waals surface area contributed by atoms with Crippen molar-refractivity contribution in [1.29, 1.82) is 0 Å². The number of ether oxygens (including phenoxy) is 1. The van der Waals surface area contributed by atoms with E-state index in [0.717, 1.165) is 36.7 Å². The van der Waals surface area contributed by atoms with E-state index in [9.17, 15) is 5.11 Å². The quantitative estimate of drug-likeness (QED) is 0.285. The van der Waals surface area contributed by atoms with Gasteiger partial charge in [0, 0.05) is 6.04 Å². The van der Waals surface area contributed by atoms with Gasteiger partial charge in [-0.15, -0.1) is 0 Å². The molecule has 29 heavy (non-hydrogen) atoms. The molecule has 1 heterocycles. The smallest absolute Gasteiger partial charge is 0.414 e. The first-order valence-electron chi connectivity index (χ1n) is 8.37. The summed E-state index contributed by atoms with van der Waals surface area (Å²) in [5.74, 6) is -2.39. The third-order valence-corrected chi connectivity index (χ3v) is 6.77. The van der Waals surface area contributed by atoms with Gasteiger partial charge in [0.2, 0.25) is 0 Å². The summed E-state index contributed by atoms with van der Waals surface area (Å²) in [7, 11) is 1.71. The highest BCUT2D eigenvalue weighted by Crippen LogP contribution is 2.37. The molecule has 0 fully saturated rings. The molecule has 3 rings (SSSR count). The van der Waals surface area contributed by atoms with Gasteiger partial charge >= 0.3 is 11.9 Å². The van der Waals surface area contributed by atoms with Gasteiger partial charge in [-0.2, -0.15) is 0 Å². The molecule has 0 saturated carbocycles. The molecule has 0 amide bonds. The Balaban J connectivity index is 0.000000438. The molecule has 7 nitrogen and oxygen atoms in total. The minimum Gasteiger partial charge on any atom is -0.507 e. The number of nitrogens with one attached hydrogen (secondary N) is 1. The van der Waals surface area contributed by atoms with E-state index < -0.39 is 11.9 Å². The molecule has 10 heteroatoms. The van der Waals surface area contributed by atoms with Crippen molar-refractivity contribution in [3.05, 3.63) is 52.6 Å². The topological polar surface area (TPSA) is 116 Å². The van der Waals surface area contributed by atoms with Crippen LogP contribution in [0.2, 0.25) is 0 Å². The number of phenolic OH excluding ortho intramolecular Hbond substituents is 1. The average Bonchev–Trinajstić information content (AvgIpc) is 2.65. The maximum absolute atomic E-state index is 9.90. The third kappa shape index (κ3) is 6.18. The maximum atomic E-state index is 9.90. The van der Waals surface area contributed by atoms with Crippen LogP contribution in [0.5, 0.6) is 11.5 Å². The summed E-state index contributed by atoms with van der Waals surface area (Å²) in [6, 6.07) is 8.44. The van der Waals surface area contributed by atoms with E-state index in [1.807, 2.05) is 6.07 Å². The molecule has 4 N–H and O–H groups in total. The fourth-order valence-corrected chi connectivity index (χ4v) is 5.93. The molecule has 0 saturated heterocycles. The molecular weight excluding hydrogens is 672 g/mol. The highest BCUT2D eigenvalue weighted by Gasteiger charge is 2.23. The van der Waals surface area contributed by atoms with E-state index in [1.54, 1.807) is 13.2 Å². The number of carbonyl (C=O) groups is 2. The van der Waals surface area contributed by atoms with Crippen molar-refractivity contribution in [1.82, 2.24) is 5.32 Å². The summed E-state index contributed by atoms with van der Waals surface area (Å²) in [5.41, 5.74) is 3.77. The van der Waals surface area contributed by atoms with Crippen molar-refractivity contribution in [3.8, 4) is 11.5 Å². The van der Waals surface area contributed by atoms with Crippen molar-refractivity contribution >= 4 is 73.1 Å². The molecule has 0 spiro atoms. The van der Waals surface area contributed by atoms with Crippen LogP contribution in [0.15, 0.2) is 28.7 Å². The molecular formula is C19H18BrI2NO6. The Hall–Kier alpha value is -1.12. The summed E-state index contributed by atoms with van der Waals surface area (Å²) < 4.78 is 8.54. The van der Waals surface area contributed by atoms with Crippen LogP contribution in [0.25, 0.3) is 0 Å². The van der Waals surface area contributed by atoms with Crippen LogP contribution in [-0.2, 0) is 22.4 Å². The first kappa shape index (κ1) is 24.2. The van der Waals surface area contributed by atoms with Crippen LogP contribution in [0.1, 0.15) is 22.7 Å². The molecule has 2 aromatic rings. The van der Waals surface area contributed by atoms with Crippen LogP contribution < -0.4 is 10.1 Å². The number of halogens is 3. The lowest BCUT2D eigenvalue weighted by atomic mass is 9.90. The number of carboxylic acid groups (broad SMARTS) is 2. The van der Waals surface area contributed by atoms with Crippen molar-refractivity contribution in [2.75, 3.05) is 13.7 Å². The van der Waals surface area contributed by atoms with Crippen molar-refractivity contribution < 1.29 is 29.6 Å². The van der Waals surface area contributed by atoms with E-state index in [0.29, 0.717) is 5.75 Å². The molecule has 1 unspecified atom stereocenters. The van der Waals surface area contributed by atoms with E-state index in [-0.39, 0.29) is 6.04 Å². The lowest BCUT2D eigenvalue weighted by molar-refractivity contribution is -0.159. The summed E-state index contributed by atoms with van der Waals surface area (Å²) in [6.07, 6.45) is 1.85. The van der Waals surface area contributed by atoms with Crippen LogP contribution >= 0.6 is 61.1 Å². The van der Waals surface area contributed by atoms with Crippen LogP contribution in [-0.4, -0.2) is 40.9 Å².